The van der Waals surface area contributed by atoms with Crippen molar-refractivity contribution in [2.24, 2.45) is 0 Å². The predicted octanol–water partition coefficient (Wildman–Crippen LogP) is 4.05. The molecule has 0 bridgehead atoms. The maximum Gasteiger partial charge on any atom is 0.203 e. The van der Waals surface area contributed by atoms with Crippen LogP contribution < -0.4 is 23.7 Å². The first-order chi connectivity index (χ1) is 13.1. The minimum absolute atomic E-state index is 0.521. The van der Waals surface area contributed by atoms with Crippen molar-refractivity contribution in [3.63, 3.8) is 0 Å². The maximum atomic E-state index is 5.52. The first-order valence-corrected chi connectivity index (χ1v) is 8.14. The number of ether oxygens (including phenoxy) is 5. The first kappa shape index (κ1) is 18.4. The highest BCUT2D eigenvalue weighted by molar-refractivity contribution is 5.72. The Labute approximate surface area is 157 Å². The number of hydrogen-bond donors (Lipinski definition) is 0. The Kier molecular flexibility index (Phi) is 5.40. The third-order valence-electron chi connectivity index (χ3n) is 4.14. The Morgan fingerprint density at radius 2 is 1.22 bits per heavy atom. The van der Waals surface area contributed by atoms with E-state index in [0.29, 0.717) is 40.2 Å². The molecule has 7 heteroatoms. The molecule has 7 nitrogen and oxygen atoms in total. The van der Waals surface area contributed by atoms with Gasteiger partial charge in [-0.15, -0.1) is 0 Å². The van der Waals surface area contributed by atoms with Gasteiger partial charge in [0, 0.05) is 17.2 Å². The number of rotatable bonds is 7. The molecule has 3 rings (SSSR count). The first-order valence-electron chi connectivity index (χ1n) is 8.14. The van der Waals surface area contributed by atoms with Crippen LogP contribution >= 0.6 is 0 Å². The van der Waals surface area contributed by atoms with Crippen LogP contribution in [0.3, 0.4) is 0 Å². The zero-order valence-electron chi connectivity index (χ0n) is 15.9. The topological polar surface area (TPSA) is 72.2 Å². The average molecular weight is 371 g/mol. The molecule has 1 aromatic heterocycles. The van der Waals surface area contributed by atoms with Crippen molar-refractivity contribution in [1.29, 1.82) is 0 Å². The molecular formula is C20H21NO6. The third-order valence-corrected chi connectivity index (χ3v) is 4.14. The summed E-state index contributed by atoms with van der Waals surface area (Å²) in [5.74, 6) is 3.46. The van der Waals surface area contributed by atoms with Crippen LogP contribution in [0.15, 0.2) is 40.9 Å². The number of benzene rings is 2. The summed E-state index contributed by atoms with van der Waals surface area (Å²) in [5.41, 5.74) is 2.23. The summed E-state index contributed by atoms with van der Waals surface area (Å²) >= 11 is 0. The predicted molar refractivity (Wildman–Crippen MR) is 100 cm³/mol. The Balaban J connectivity index is 2.01. The van der Waals surface area contributed by atoms with Crippen molar-refractivity contribution in [2.75, 3.05) is 35.5 Å². The molecule has 0 saturated carbocycles. The van der Waals surface area contributed by atoms with E-state index in [1.807, 2.05) is 36.4 Å². The van der Waals surface area contributed by atoms with Gasteiger partial charge in [-0.05, 0) is 30.3 Å². The Morgan fingerprint density at radius 3 is 1.78 bits per heavy atom. The molecule has 2 aromatic carbocycles. The number of hydrogen-bond acceptors (Lipinski definition) is 7. The van der Waals surface area contributed by atoms with Crippen molar-refractivity contribution in [1.82, 2.24) is 5.16 Å². The molecule has 142 valence electrons. The van der Waals surface area contributed by atoms with E-state index in [4.69, 9.17) is 28.2 Å². The Morgan fingerprint density at radius 1 is 0.630 bits per heavy atom. The maximum absolute atomic E-state index is 5.52. The summed E-state index contributed by atoms with van der Waals surface area (Å²) in [4.78, 5) is 0. The quantitative estimate of drug-likeness (QED) is 0.620. The second-order valence-corrected chi connectivity index (χ2v) is 5.56. The minimum atomic E-state index is 0.521. The van der Waals surface area contributed by atoms with Crippen LogP contribution in [-0.4, -0.2) is 40.7 Å². The third kappa shape index (κ3) is 3.48. The van der Waals surface area contributed by atoms with E-state index in [1.54, 1.807) is 35.5 Å². The number of aromatic nitrogens is 1. The highest BCUT2D eigenvalue weighted by Crippen LogP contribution is 2.41. The van der Waals surface area contributed by atoms with Gasteiger partial charge in [0.05, 0.1) is 35.5 Å². The summed E-state index contributed by atoms with van der Waals surface area (Å²) in [6, 6.07) is 11.0. The second-order valence-electron chi connectivity index (χ2n) is 5.56. The van der Waals surface area contributed by atoms with Gasteiger partial charge >= 0.3 is 0 Å². The van der Waals surface area contributed by atoms with Gasteiger partial charge in [-0.1, -0.05) is 5.16 Å². The molecular weight excluding hydrogens is 350 g/mol. The van der Waals surface area contributed by atoms with Gasteiger partial charge in [0.1, 0.15) is 5.69 Å². The molecule has 0 saturated heterocycles. The van der Waals surface area contributed by atoms with Crippen molar-refractivity contribution in [2.45, 2.75) is 0 Å². The molecule has 0 unspecified atom stereocenters. The molecule has 0 radical (unpaired) electrons. The summed E-state index contributed by atoms with van der Waals surface area (Å²) in [7, 11) is 7.88. The Hall–Kier alpha value is -3.35. The lowest BCUT2D eigenvalue weighted by Gasteiger charge is -2.13. The SMILES string of the molecule is COc1ccc(-c2cc(-c3cc(OC)c(OC)c(OC)c3)no2)cc1OC. The second kappa shape index (κ2) is 7.90. The smallest absolute Gasteiger partial charge is 0.203 e. The molecule has 0 atom stereocenters. The van der Waals surface area contributed by atoms with Gasteiger partial charge < -0.3 is 28.2 Å². The Bertz CT molecular complexity index is 909. The fourth-order valence-electron chi connectivity index (χ4n) is 2.77. The standard InChI is InChI=1S/C20H21NO6/c1-22-15-7-6-12(8-17(15)23-2)16-11-14(21-27-16)13-9-18(24-3)20(26-5)19(10-13)25-4/h6-11H,1-5H3. The van der Waals surface area contributed by atoms with Gasteiger partial charge in [0.2, 0.25) is 5.75 Å². The lowest BCUT2D eigenvalue weighted by molar-refractivity contribution is 0.324. The lowest BCUT2D eigenvalue weighted by atomic mass is 10.1. The van der Waals surface area contributed by atoms with Crippen LogP contribution in [0.2, 0.25) is 0 Å². The van der Waals surface area contributed by atoms with E-state index in [9.17, 15) is 0 Å². The van der Waals surface area contributed by atoms with E-state index in [0.717, 1.165) is 11.1 Å². The van der Waals surface area contributed by atoms with Crippen molar-refractivity contribution in [3.8, 4) is 51.3 Å². The van der Waals surface area contributed by atoms with Crippen molar-refractivity contribution >= 4 is 0 Å². The summed E-state index contributed by atoms with van der Waals surface area (Å²) < 4.78 is 32.3. The largest absolute Gasteiger partial charge is 0.493 e. The average Bonchev–Trinajstić information content (AvgIpc) is 3.22. The molecule has 0 amide bonds. The molecule has 0 spiro atoms. The molecule has 0 N–H and O–H groups in total. The van der Waals surface area contributed by atoms with Gasteiger partial charge in [0.25, 0.3) is 0 Å². The van der Waals surface area contributed by atoms with E-state index < -0.39 is 0 Å². The highest BCUT2D eigenvalue weighted by atomic mass is 16.5. The monoisotopic (exact) mass is 371 g/mol. The molecule has 1 heterocycles. The fraction of sp³-hybridized carbons (Fsp3) is 0.250. The lowest BCUT2D eigenvalue weighted by Crippen LogP contribution is -1.95. The summed E-state index contributed by atoms with van der Waals surface area (Å²) in [5, 5.41) is 4.17. The van der Waals surface area contributed by atoms with E-state index in [2.05, 4.69) is 5.16 Å². The molecule has 27 heavy (non-hydrogen) atoms. The molecule has 0 fully saturated rings. The van der Waals surface area contributed by atoms with E-state index in [-0.39, 0.29) is 0 Å². The molecule has 0 aliphatic carbocycles. The van der Waals surface area contributed by atoms with Crippen LogP contribution in [0.25, 0.3) is 22.6 Å². The van der Waals surface area contributed by atoms with E-state index in [1.165, 1.54) is 0 Å². The molecule has 0 aliphatic rings. The highest BCUT2D eigenvalue weighted by Gasteiger charge is 2.17. The van der Waals surface area contributed by atoms with Gasteiger partial charge in [0.15, 0.2) is 28.8 Å². The van der Waals surface area contributed by atoms with Crippen LogP contribution in [0.1, 0.15) is 0 Å². The normalized spacial score (nSPS) is 10.4. The number of nitrogens with zero attached hydrogens (tertiary/aromatic N) is 1. The van der Waals surface area contributed by atoms with Gasteiger partial charge in [-0.3, -0.25) is 0 Å². The number of methoxy groups -OCH3 is 5. The minimum Gasteiger partial charge on any atom is -0.493 e. The van der Waals surface area contributed by atoms with Gasteiger partial charge in [-0.2, -0.15) is 0 Å². The summed E-state index contributed by atoms with van der Waals surface area (Å²) in [6.07, 6.45) is 0. The van der Waals surface area contributed by atoms with Crippen LogP contribution in [0, 0.1) is 0 Å². The fourth-order valence-corrected chi connectivity index (χ4v) is 2.77. The summed E-state index contributed by atoms with van der Waals surface area (Å²) in [6.45, 7) is 0. The zero-order chi connectivity index (χ0) is 19.4. The van der Waals surface area contributed by atoms with Crippen molar-refractivity contribution < 1.29 is 28.2 Å². The van der Waals surface area contributed by atoms with E-state index >= 15 is 0 Å². The molecule has 0 aliphatic heterocycles. The zero-order valence-corrected chi connectivity index (χ0v) is 15.9. The molecule has 3 aromatic rings. The van der Waals surface area contributed by atoms with Crippen LogP contribution in [0.5, 0.6) is 28.7 Å². The van der Waals surface area contributed by atoms with Crippen LogP contribution in [0.4, 0.5) is 0 Å². The van der Waals surface area contributed by atoms with Gasteiger partial charge in [-0.25, -0.2) is 0 Å². The van der Waals surface area contributed by atoms with Crippen molar-refractivity contribution in [3.05, 3.63) is 36.4 Å². The van der Waals surface area contributed by atoms with Crippen LogP contribution in [-0.2, 0) is 0 Å².